The number of nitrogens with zero attached hydrogens (tertiary/aromatic N) is 4. The van der Waals surface area contributed by atoms with Crippen molar-refractivity contribution < 1.29 is 23.5 Å². The molecule has 1 aliphatic heterocycles. The fourth-order valence-corrected chi connectivity index (χ4v) is 6.98. The van der Waals surface area contributed by atoms with Crippen LogP contribution in [0.1, 0.15) is 78.0 Å². The maximum Gasteiger partial charge on any atom is 0.374 e. The average molecular weight is 635 g/mol. The van der Waals surface area contributed by atoms with E-state index in [1.165, 1.54) is 19.3 Å². The number of hydrogen-bond donors (Lipinski definition) is 2. The molecule has 2 fully saturated rings. The number of likely N-dealkylation sites (tertiary alicyclic amines) is 1. The van der Waals surface area contributed by atoms with Gasteiger partial charge in [-0.25, -0.2) is 14.5 Å². The van der Waals surface area contributed by atoms with Crippen molar-refractivity contribution in [2.75, 3.05) is 32.1 Å². The fourth-order valence-electron chi connectivity index (χ4n) is 6.98. The fraction of sp³-hybridized carbons (Fsp3) is 0.361. The van der Waals surface area contributed by atoms with E-state index in [1.54, 1.807) is 37.4 Å². The van der Waals surface area contributed by atoms with Crippen LogP contribution in [0.2, 0.25) is 0 Å². The monoisotopic (exact) mass is 634 g/mol. The average Bonchev–Trinajstić information content (AvgIpc) is 3.80. The summed E-state index contributed by atoms with van der Waals surface area (Å²) < 4.78 is 12.6. The van der Waals surface area contributed by atoms with E-state index in [1.807, 2.05) is 53.0 Å². The number of benzene rings is 2. The molecule has 11 heteroatoms. The van der Waals surface area contributed by atoms with Gasteiger partial charge in [0.25, 0.3) is 11.8 Å². The zero-order valence-corrected chi connectivity index (χ0v) is 26.6. The molecule has 0 spiro atoms. The van der Waals surface area contributed by atoms with Gasteiger partial charge < -0.3 is 24.7 Å². The van der Waals surface area contributed by atoms with Crippen molar-refractivity contribution in [3.63, 3.8) is 0 Å². The lowest BCUT2D eigenvalue weighted by Crippen LogP contribution is -2.58. The Labute approximate surface area is 272 Å². The Morgan fingerprint density at radius 2 is 1.89 bits per heavy atom. The summed E-state index contributed by atoms with van der Waals surface area (Å²) in [7, 11) is 1.93. The molecule has 5 aromatic rings. The second kappa shape index (κ2) is 12.6. The van der Waals surface area contributed by atoms with Crippen LogP contribution in [0.15, 0.2) is 71.3 Å². The van der Waals surface area contributed by atoms with E-state index < -0.39 is 11.5 Å². The Balaban J connectivity index is 1.15. The number of rotatable bonds is 8. The molecule has 2 N–H and O–H groups in total. The van der Waals surface area contributed by atoms with E-state index in [4.69, 9.17) is 14.3 Å². The molecule has 7 rings (SSSR count). The van der Waals surface area contributed by atoms with Gasteiger partial charge in [0.15, 0.2) is 5.82 Å². The van der Waals surface area contributed by atoms with E-state index in [0.717, 1.165) is 35.3 Å². The minimum Gasteiger partial charge on any atom is -0.460 e. The molecule has 242 valence electrons. The first-order valence-electron chi connectivity index (χ1n) is 16.3. The molecule has 1 saturated heterocycles. The summed E-state index contributed by atoms with van der Waals surface area (Å²) in [6.07, 6.45) is 8.02. The molecular formula is C36H38N6O5. The molecule has 47 heavy (non-hydrogen) atoms. The Kier molecular flexibility index (Phi) is 8.23. The third kappa shape index (κ3) is 5.98. The normalized spacial score (nSPS) is 18.9. The van der Waals surface area contributed by atoms with E-state index >= 15 is 0 Å². The third-order valence-corrected chi connectivity index (χ3v) is 9.33. The van der Waals surface area contributed by atoms with Gasteiger partial charge in [-0.1, -0.05) is 31.4 Å². The molecule has 1 atom stereocenters. The minimum atomic E-state index is -1.15. The highest BCUT2D eigenvalue weighted by molar-refractivity contribution is 6.06. The van der Waals surface area contributed by atoms with Crippen molar-refractivity contribution in [2.24, 2.45) is 0 Å². The lowest BCUT2D eigenvalue weighted by Gasteiger charge is -2.29. The number of amides is 2. The van der Waals surface area contributed by atoms with E-state index in [-0.39, 0.29) is 24.2 Å². The Bertz CT molecular complexity index is 1960. The van der Waals surface area contributed by atoms with Crippen LogP contribution in [-0.2, 0) is 9.53 Å². The largest absolute Gasteiger partial charge is 0.460 e. The zero-order chi connectivity index (χ0) is 32.5. The summed E-state index contributed by atoms with van der Waals surface area (Å²) >= 11 is 0. The van der Waals surface area contributed by atoms with E-state index in [9.17, 15) is 14.4 Å². The number of pyridine rings is 1. The minimum absolute atomic E-state index is 0.0965. The van der Waals surface area contributed by atoms with E-state index in [2.05, 4.69) is 15.6 Å². The second-order valence-electron chi connectivity index (χ2n) is 12.6. The Morgan fingerprint density at radius 1 is 1.04 bits per heavy atom. The van der Waals surface area contributed by atoms with Gasteiger partial charge in [0, 0.05) is 47.2 Å². The van der Waals surface area contributed by atoms with Crippen LogP contribution in [0.4, 0.5) is 5.69 Å². The van der Waals surface area contributed by atoms with Crippen LogP contribution in [0.25, 0.3) is 27.7 Å². The van der Waals surface area contributed by atoms with Crippen LogP contribution in [0, 0.1) is 0 Å². The first-order chi connectivity index (χ1) is 22.8. The second-order valence-corrected chi connectivity index (χ2v) is 12.6. The van der Waals surface area contributed by atoms with Gasteiger partial charge in [-0.3, -0.25) is 9.59 Å². The van der Waals surface area contributed by atoms with Crippen LogP contribution in [0.3, 0.4) is 0 Å². The van der Waals surface area contributed by atoms with Gasteiger partial charge in [0.1, 0.15) is 11.1 Å². The highest BCUT2D eigenvalue weighted by atomic mass is 16.5. The highest BCUT2D eigenvalue weighted by Crippen LogP contribution is 2.38. The maximum atomic E-state index is 13.9. The summed E-state index contributed by atoms with van der Waals surface area (Å²) in [6.45, 7) is 2.97. The number of esters is 1. The molecule has 0 unspecified atom stereocenters. The molecule has 2 amide bonds. The first-order valence-corrected chi connectivity index (χ1v) is 16.3. The van der Waals surface area contributed by atoms with Crippen LogP contribution >= 0.6 is 0 Å². The van der Waals surface area contributed by atoms with Crippen molar-refractivity contribution in [3.05, 3.63) is 83.9 Å². The number of carbonyl (C=O) groups excluding carboxylic acids is 3. The summed E-state index contributed by atoms with van der Waals surface area (Å²) in [4.78, 5) is 46.5. The predicted octanol–water partition coefficient (Wildman–Crippen LogP) is 5.83. The Morgan fingerprint density at radius 3 is 2.64 bits per heavy atom. The van der Waals surface area contributed by atoms with Gasteiger partial charge >= 0.3 is 5.97 Å². The van der Waals surface area contributed by atoms with Crippen LogP contribution in [-0.4, -0.2) is 69.7 Å². The standard InChI is InChI=1S/C36H38N6O5/c1-3-46-34(44)30-21-25-19-26(13-15-29(25)47-30)38-35(45)36(16-18-41(2)22-36)39-33(43)24-12-14-27-28(20-24)40-42(31-11-7-8-17-37-31)32(27)23-9-5-4-6-10-23/h7-8,11-15,17,19-21,23H,3-6,9-10,16,18,22H2,1-2H3,(H,38,45)(H,39,43)/t36-/m0/s1. The molecule has 2 aliphatic rings. The number of nitrogens with one attached hydrogen (secondary N) is 2. The molecule has 0 radical (unpaired) electrons. The number of carbonyl (C=O) groups is 3. The van der Waals surface area contributed by atoms with Crippen LogP contribution in [0.5, 0.6) is 0 Å². The highest BCUT2D eigenvalue weighted by Gasteiger charge is 2.45. The van der Waals surface area contributed by atoms with Crippen LogP contribution < -0.4 is 10.6 Å². The first kappa shape index (κ1) is 30.6. The van der Waals surface area contributed by atoms with Crippen molar-refractivity contribution in [3.8, 4) is 5.82 Å². The molecule has 1 saturated carbocycles. The molecule has 1 aliphatic carbocycles. The van der Waals surface area contributed by atoms with Gasteiger partial charge in [-0.05, 0) is 81.8 Å². The maximum absolute atomic E-state index is 13.9. The quantitative estimate of drug-likeness (QED) is 0.204. The lowest BCUT2D eigenvalue weighted by molar-refractivity contribution is -0.121. The smallest absolute Gasteiger partial charge is 0.374 e. The number of likely N-dealkylation sites (N-methyl/N-ethyl adjacent to an activating group) is 1. The van der Waals surface area contributed by atoms with Gasteiger partial charge in [0.2, 0.25) is 5.76 Å². The topological polar surface area (TPSA) is 132 Å². The molecule has 3 aromatic heterocycles. The molecule has 11 nitrogen and oxygen atoms in total. The van der Waals surface area contributed by atoms with E-state index in [0.29, 0.717) is 47.6 Å². The number of hydrogen-bond acceptors (Lipinski definition) is 8. The number of aromatic nitrogens is 3. The number of furan rings is 1. The summed E-state index contributed by atoms with van der Waals surface area (Å²) in [5.74, 6) is 0.0214. The summed E-state index contributed by atoms with van der Waals surface area (Å²) in [5, 5.41) is 12.7. The van der Waals surface area contributed by atoms with Crippen molar-refractivity contribution in [1.82, 2.24) is 25.0 Å². The number of fused-ring (bicyclic) bond motifs is 2. The third-order valence-electron chi connectivity index (χ3n) is 9.33. The SMILES string of the molecule is CCOC(=O)c1cc2cc(NC(=O)[C@]3(NC(=O)c4ccc5c(C6CCCCC6)n(-c6ccccn6)nc5c4)CCN(C)C3)ccc2o1. The van der Waals surface area contributed by atoms with Gasteiger partial charge in [0.05, 0.1) is 17.8 Å². The summed E-state index contributed by atoms with van der Waals surface area (Å²) in [5.41, 5.74) is 2.18. The summed E-state index contributed by atoms with van der Waals surface area (Å²) in [6, 6.07) is 18.2. The van der Waals surface area contributed by atoms with Gasteiger partial charge in [-0.15, -0.1) is 0 Å². The lowest BCUT2D eigenvalue weighted by atomic mass is 9.85. The molecule has 4 heterocycles. The van der Waals surface area contributed by atoms with Crippen molar-refractivity contribution in [1.29, 1.82) is 0 Å². The van der Waals surface area contributed by atoms with Crippen molar-refractivity contribution >= 4 is 45.3 Å². The Hall–Kier alpha value is -5.03. The molecule has 0 bridgehead atoms. The van der Waals surface area contributed by atoms with Gasteiger partial charge in [-0.2, -0.15) is 5.10 Å². The van der Waals surface area contributed by atoms with Crippen molar-refractivity contribution in [2.45, 2.75) is 56.9 Å². The molecule has 2 aromatic carbocycles. The molecular weight excluding hydrogens is 596 g/mol. The zero-order valence-electron chi connectivity index (χ0n) is 26.6. The predicted molar refractivity (Wildman–Crippen MR) is 178 cm³/mol. The number of ether oxygens (including phenoxy) is 1. The number of anilines is 1.